The first-order chi connectivity index (χ1) is 12.8. The average molecular weight is 373 g/mol. The molecule has 0 saturated carbocycles. The molecule has 6 nitrogen and oxygen atoms in total. The molecule has 8 heteroatoms. The molecule has 0 heterocycles. The van der Waals surface area contributed by atoms with E-state index >= 15 is 0 Å². The molecule has 0 aliphatic carbocycles. The molecule has 0 fully saturated rings. The molecule has 0 spiro atoms. The van der Waals surface area contributed by atoms with E-state index in [4.69, 9.17) is 0 Å². The van der Waals surface area contributed by atoms with Crippen molar-refractivity contribution in [1.82, 2.24) is 5.32 Å². The van der Waals surface area contributed by atoms with Crippen LogP contribution in [-0.4, -0.2) is 24.3 Å². The first kappa shape index (κ1) is 19.8. The monoisotopic (exact) mass is 373 g/mol. The van der Waals surface area contributed by atoms with Crippen molar-refractivity contribution in [1.29, 1.82) is 0 Å². The molecule has 140 valence electrons. The number of rotatable bonds is 6. The number of carbonyl (C=O) groups excluding carboxylic acids is 3. The Labute approximate surface area is 154 Å². The minimum Gasteiger partial charge on any atom is -0.343 e. The van der Waals surface area contributed by atoms with Crippen LogP contribution in [-0.2, 0) is 14.4 Å². The zero-order chi connectivity index (χ0) is 19.8. The van der Waals surface area contributed by atoms with Gasteiger partial charge in [-0.15, -0.1) is 0 Å². The quantitative estimate of drug-likeness (QED) is 0.681. The second kappa shape index (κ2) is 9.23. The Morgan fingerprint density at radius 3 is 2.22 bits per heavy atom. The topological polar surface area (TPSA) is 87.3 Å². The van der Waals surface area contributed by atoms with Gasteiger partial charge in [0.2, 0.25) is 17.7 Å². The van der Waals surface area contributed by atoms with Crippen molar-refractivity contribution >= 4 is 35.2 Å². The van der Waals surface area contributed by atoms with Gasteiger partial charge in [-0.3, -0.25) is 14.4 Å². The molecule has 0 aromatic heterocycles. The summed E-state index contributed by atoms with van der Waals surface area (Å²) in [6.07, 6.45) is 2.84. The lowest BCUT2D eigenvalue weighted by Gasteiger charge is -2.10. The second-order valence-electron chi connectivity index (χ2n) is 5.50. The van der Waals surface area contributed by atoms with Gasteiger partial charge in [0.1, 0.15) is 11.6 Å². The van der Waals surface area contributed by atoms with Gasteiger partial charge in [-0.05, 0) is 17.7 Å². The Hall–Kier alpha value is -3.55. The van der Waals surface area contributed by atoms with E-state index in [0.717, 1.165) is 11.6 Å². The molecule has 0 radical (unpaired) electrons. The summed E-state index contributed by atoms with van der Waals surface area (Å²) in [6, 6.07) is 10.6. The summed E-state index contributed by atoms with van der Waals surface area (Å²) in [5.74, 6) is -3.75. The van der Waals surface area contributed by atoms with Gasteiger partial charge in [-0.2, -0.15) is 0 Å². The van der Waals surface area contributed by atoms with Crippen LogP contribution in [0, 0.1) is 11.6 Å². The predicted octanol–water partition coefficient (Wildman–Crippen LogP) is 2.69. The Balaban J connectivity index is 1.92. The van der Waals surface area contributed by atoms with Crippen LogP contribution in [0.15, 0.2) is 48.5 Å². The van der Waals surface area contributed by atoms with Crippen molar-refractivity contribution < 1.29 is 23.2 Å². The SMILES string of the molecule is CC(=O)Nc1cc(NC(=O)CNC(=O)/C=C/c2ccccc2)c(F)cc1F. The number of nitrogens with one attached hydrogen (secondary N) is 3. The van der Waals surface area contributed by atoms with E-state index in [1.165, 1.54) is 13.0 Å². The fourth-order valence-electron chi connectivity index (χ4n) is 2.09. The van der Waals surface area contributed by atoms with E-state index in [-0.39, 0.29) is 11.4 Å². The number of anilines is 2. The summed E-state index contributed by atoms with van der Waals surface area (Å²) in [5, 5.41) is 6.74. The largest absolute Gasteiger partial charge is 0.343 e. The van der Waals surface area contributed by atoms with E-state index in [1.54, 1.807) is 18.2 Å². The maximum atomic E-state index is 13.8. The molecule has 27 heavy (non-hydrogen) atoms. The minimum atomic E-state index is -1.01. The van der Waals surface area contributed by atoms with Crippen LogP contribution in [0.3, 0.4) is 0 Å². The van der Waals surface area contributed by atoms with Gasteiger partial charge >= 0.3 is 0 Å². The number of benzene rings is 2. The number of halogens is 2. The Morgan fingerprint density at radius 1 is 0.963 bits per heavy atom. The van der Waals surface area contributed by atoms with Gasteiger partial charge in [0.05, 0.1) is 17.9 Å². The number of amides is 3. The molecule has 3 N–H and O–H groups in total. The van der Waals surface area contributed by atoms with Crippen molar-refractivity contribution in [3.8, 4) is 0 Å². The highest BCUT2D eigenvalue weighted by molar-refractivity contribution is 5.98. The summed E-state index contributed by atoms with van der Waals surface area (Å²) in [6.45, 7) is 0.754. The lowest BCUT2D eigenvalue weighted by atomic mass is 10.2. The normalized spacial score (nSPS) is 10.5. The van der Waals surface area contributed by atoms with Crippen LogP contribution in [0.5, 0.6) is 0 Å². The van der Waals surface area contributed by atoms with Crippen LogP contribution in [0.4, 0.5) is 20.2 Å². The van der Waals surface area contributed by atoms with Crippen molar-refractivity contribution in [2.75, 3.05) is 17.2 Å². The molecule has 0 atom stereocenters. The first-order valence-corrected chi connectivity index (χ1v) is 7.92. The minimum absolute atomic E-state index is 0.269. The smallest absolute Gasteiger partial charge is 0.244 e. The molecule has 0 aliphatic rings. The molecule has 0 aliphatic heterocycles. The number of carbonyl (C=O) groups is 3. The summed E-state index contributed by atoms with van der Waals surface area (Å²) < 4.78 is 27.3. The summed E-state index contributed by atoms with van der Waals surface area (Å²) in [4.78, 5) is 34.6. The number of hydrogen-bond acceptors (Lipinski definition) is 3. The van der Waals surface area contributed by atoms with Crippen molar-refractivity contribution in [3.05, 3.63) is 65.7 Å². The fourth-order valence-corrected chi connectivity index (χ4v) is 2.09. The van der Waals surface area contributed by atoms with Gasteiger partial charge < -0.3 is 16.0 Å². The summed E-state index contributed by atoms with van der Waals surface area (Å²) in [7, 11) is 0. The first-order valence-electron chi connectivity index (χ1n) is 7.92. The molecule has 0 unspecified atom stereocenters. The standard InChI is InChI=1S/C19H17F2N3O3/c1-12(25)23-16-10-17(15(21)9-14(16)20)24-19(27)11-22-18(26)8-7-13-5-3-2-4-6-13/h2-10H,11H2,1H3,(H,22,26)(H,23,25)(H,24,27)/b8-7+. The van der Waals surface area contributed by atoms with E-state index in [1.807, 2.05) is 18.2 Å². The van der Waals surface area contributed by atoms with Crippen LogP contribution in [0.2, 0.25) is 0 Å². The van der Waals surface area contributed by atoms with Gasteiger partial charge in [0.25, 0.3) is 0 Å². The van der Waals surface area contributed by atoms with Crippen LogP contribution >= 0.6 is 0 Å². The molecule has 2 rings (SSSR count). The summed E-state index contributed by atoms with van der Waals surface area (Å²) >= 11 is 0. The predicted molar refractivity (Wildman–Crippen MR) is 97.8 cm³/mol. The van der Waals surface area contributed by atoms with Gasteiger partial charge in [0.15, 0.2) is 0 Å². The van der Waals surface area contributed by atoms with Crippen LogP contribution < -0.4 is 16.0 Å². The van der Waals surface area contributed by atoms with Crippen molar-refractivity contribution in [2.45, 2.75) is 6.92 Å². The molecular weight excluding hydrogens is 356 g/mol. The van der Waals surface area contributed by atoms with Crippen LogP contribution in [0.1, 0.15) is 12.5 Å². The maximum absolute atomic E-state index is 13.8. The molecule has 2 aromatic rings. The van der Waals surface area contributed by atoms with Crippen molar-refractivity contribution in [2.24, 2.45) is 0 Å². The Kier molecular flexibility index (Phi) is 6.76. The molecule has 0 bridgehead atoms. The maximum Gasteiger partial charge on any atom is 0.244 e. The lowest BCUT2D eigenvalue weighted by molar-refractivity contribution is -0.121. The zero-order valence-corrected chi connectivity index (χ0v) is 14.4. The highest BCUT2D eigenvalue weighted by Gasteiger charge is 2.13. The number of hydrogen-bond donors (Lipinski definition) is 3. The van der Waals surface area contributed by atoms with E-state index in [9.17, 15) is 23.2 Å². The average Bonchev–Trinajstić information content (AvgIpc) is 2.62. The Morgan fingerprint density at radius 2 is 1.59 bits per heavy atom. The third-order valence-electron chi connectivity index (χ3n) is 3.29. The highest BCUT2D eigenvalue weighted by Crippen LogP contribution is 2.23. The van der Waals surface area contributed by atoms with Gasteiger partial charge in [0, 0.05) is 19.1 Å². The molecular formula is C19H17F2N3O3. The molecule has 2 aromatic carbocycles. The van der Waals surface area contributed by atoms with Gasteiger partial charge in [-0.1, -0.05) is 30.3 Å². The van der Waals surface area contributed by atoms with Crippen LogP contribution in [0.25, 0.3) is 6.08 Å². The fraction of sp³-hybridized carbons (Fsp3) is 0.105. The molecule has 3 amide bonds. The zero-order valence-electron chi connectivity index (χ0n) is 14.4. The second-order valence-corrected chi connectivity index (χ2v) is 5.50. The van der Waals surface area contributed by atoms with Crippen molar-refractivity contribution in [3.63, 3.8) is 0 Å². The lowest BCUT2D eigenvalue weighted by Crippen LogP contribution is -2.32. The third-order valence-corrected chi connectivity index (χ3v) is 3.29. The highest BCUT2D eigenvalue weighted by atomic mass is 19.1. The Bertz CT molecular complexity index is 883. The van der Waals surface area contributed by atoms with Gasteiger partial charge in [-0.25, -0.2) is 8.78 Å². The van der Waals surface area contributed by atoms with E-state index < -0.39 is 35.9 Å². The van der Waals surface area contributed by atoms with E-state index in [0.29, 0.717) is 6.07 Å². The molecule has 0 saturated heterocycles. The van der Waals surface area contributed by atoms with E-state index in [2.05, 4.69) is 16.0 Å². The summed E-state index contributed by atoms with van der Waals surface area (Å²) in [5.41, 5.74) is 0.226. The third kappa shape index (κ3) is 6.35.